The van der Waals surface area contributed by atoms with Crippen LogP contribution in [0.2, 0.25) is 0 Å². The maximum Gasteiger partial charge on any atom is 0.241 e. The Balaban J connectivity index is 1.65. The van der Waals surface area contributed by atoms with E-state index in [-0.39, 0.29) is 0 Å². The van der Waals surface area contributed by atoms with Gasteiger partial charge in [0, 0.05) is 18.7 Å². The van der Waals surface area contributed by atoms with E-state index in [0.717, 1.165) is 38.3 Å². The summed E-state index contributed by atoms with van der Waals surface area (Å²) in [6.45, 7) is 8.68. The summed E-state index contributed by atoms with van der Waals surface area (Å²) in [5.74, 6) is 1.97. The van der Waals surface area contributed by atoms with Gasteiger partial charge < -0.3 is 9.26 Å². The highest BCUT2D eigenvalue weighted by molar-refractivity contribution is 5.55. The van der Waals surface area contributed by atoms with Gasteiger partial charge in [-0.3, -0.25) is 4.90 Å². The zero-order valence-corrected chi connectivity index (χ0v) is 13.3. The third-order valence-electron chi connectivity index (χ3n) is 4.09. The predicted octanol–water partition coefficient (Wildman–Crippen LogP) is 2.90. The molecular weight excluding hydrogens is 278 g/mol. The normalized spacial score (nSPS) is 18.2. The van der Waals surface area contributed by atoms with Gasteiger partial charge in [-0.1, -0.05) is 35.8 Å². The first-order chi connectivity index (χ1) is 10.7. The molecule has 5 nitrogen and oxygen atoms in total. The molecule has 1 saturated heterocycles. The Morgan fingerprint density at radius 2 is 2.27 bits per heavy atom. The largest absolute Gasteiger partial charge is 0.381 e. The highest BCUT2D eigenvalue weighted by Gasteiger charge is 2.20. The smallest absolute Gasteiger partial charge is 0.241 e. The molecule has 2 aromatic rings. The molecule has 1 aromatic carbocycles. The molecule has 5 heteroatoms. The average molecular weight is 301 g/mol. The first kappa shape index (κ1) is 15.2. The van der Waals surface area contributed by atoms with E-state index < -0.39 is 0 Å². The maximum atomic E-state index is 5.45. The SMILES string of the molecule is CCN(Cc1nc(-c2cccc(C)c2)no1)CC1CCOC1. The monoisotopic (exact) mass is 301 g/mol. The van der Waals surface area contributed by atoms with Crippen LogP contribution in [-0.4, -0.2) is 41.3 Å². The molecule has 0 N–H and O–H groups in total. The van der Waals surface area contributed by atoms with Crippen LogP contribution in [0, 0.1) is 12.8 Å². The van der Waals surface area contributed by atoms with E-state index in [9.17, 15) is 0 Å². The Kier molecular flexibility index (Phi) is 4.85. The zero-order chi connectivity index (χ0) is 15.4. The van der Waals surface area contributed by atoms with Crippen molar-refractivity contribution in [2.75, 3.05) is 26.3 Å². The number of rotatable bonds is 6. The highest BCUT2D eigenvalue weighted by Crippen LogP contribution is 2.19. The number of benzene rings is 1. The second-order valence-electron chi connectivity index (χ2n) is 5.94. The molecule has 0 aliphatic carbocycles. The lowest BCUT2D eigenvalue weighted by Gasteiger charge is -2.21. The van der Waals surface area contributed by atoms with Gasteiger partial charge in [0.2, 0.25) is 11.7 Å². The van der Waals surface area contributed by atoms with Crippen LogP contribution in [0.1, 0.15) is 24.8 Å². The summed E-state index contributed by atoms with van der Waals surface area (Å²) in [4.78, 5) is 6.87. The number of hydrogen-bond acceptors (Lipinski definition) is 5. The minimum Gasteiger partial charge on any atom is -0.381 e. The molecule has 0 amide bonds. The van der Waals surface area contributed by atoms with Crippen LogP contribution in [-0.2, 0) is 11.3 Å². The van der Waals surface area contributed by atoms with Crippen molar-refractivity contribution in [1.82, 2.24) is 15.0 Å². The molecule has 1 fully saturated rings. The zero-order valence-electron chi connectivity index (χ0n) is 13.3. The minimum atomic E-state index is 0.624. The number of hydrogen-bond donors (Lipinski definition) is 0. The van der Waals surface area contributed by atoms with Gasteiger partial charge in [0.05, 0.1) is 13.2 Å². The van der Waals surface area contributed by atoms with Gasteiger partial charge in [0.25, 0.3) is 0 Å². The Morgan fingerprint density at radius 1 is 1.36 bits per heavy atom. The maximum absolute atomic E-state index is 5.45. The quantitative estimate of drug-likeness (QED) is 0.821. The Hall–Kier alpha value is -1.72. The van der Waals surface area contributed by atoms with E-state index in [4.69, 9.17) is 9.26 Å². The molecule has 1 unspecified atom stereocenters. The van der Waals surface area contributed by atoms with Gasteiger partial charge in [-0.25, -0.2) is 0 Å². The molecule has 1 aromatic heterocycles. The fourth-order valence-electron chi connectivity index (χ4n) is 2.81. The Bertz CT molecular complexity index is 605. The molecule has 1 aliphatic rings. The number of nitrogens with zero attached hydrogens (tertiary/aromatic N) is 3. The summed E-state index contributed by atoms with van der Waals surface area (Å²) in [7, 11) is 0. The van der Waals surface area contributed by atoms with E-state index >= 15 is 0 Å². The Morgan fingerprint density at radius 3 is 3.00 bits per heavy atom. The molecule has 0 bridgehead atoms. The molecule has 3 rings (SSSR count). The fourth-order valence-corrected chi connectivity index (χ4v) is 2.81. The van der Waals surface area contributed by atoms with E-state index in [2.05, 4.69) is 41.0 Å². The lowest BCUT2D eigenvalue weighted by atomic mass is 10.1. The summed E-state index contributed by atoms with van der Waals surface area (Å²) in [6, 6.07) is 8.16. The second kappa shape index (κ2) is 7.03. The molecule has 0 radical (unpaired) electrons. The van der Waals surface area contributed by atoms with Crippen LogP contribution in [0.3, 0.4) is 0 Å². The molecule has 2 heterocycles. The fraction of sp³-hybridized carbons (Fsp3) is 0.529. The minimum absolute atomic E-state index is 0.624. The van der Waals surface area contributed by atoms with Gasteiger partial charge >= 0.3 is 0 Å². The van der Waals surface area contributed by atoms with Gasteiger partial charge in [0.15, 0.2) is 0 Å². The standard InChI is InChI=1S/C17H23N3O2/c1-3-20(10-14-7-8-21-12-14)11-16-18-17(19-22-16)15-6-4-5-13(2)9-15/h4-6,9,14H,3,7-8,10-12H2,1-2H3. The van der Waals surface area contributed by atoms with Gasteiger partial charge in [0.1, 0.15) is 0 Å². The summed E-state index contributed by atoms with van der Waals surface area (Å²) >= 11 is 0. The van der Waals surface area contributed by atoms with Crippen LogP contribution in [0.4, 0.5) is 0 Å². The van der Waals surface area contributed by atoms with Crippen LogP contribution < -0.4 is 0 Å². The summed E-state index contributed by atoms with van der Waals surface area (Å²) in [5, 5.41) is 4.11. The van der Waals surface area contributed by atoms with Gasteiger partial charge in [-0.2, -0.15) is 4.98 Å². The number of aryl methyl sites for hydroxylation is 1. The lowest BCUT2D eigenvalue weighted by Crippen LogP contribution is -2.29. The van der Waals surface area contributed by atoms with E-state index in [1.54, 1.807) is 0 Å². The van der Waals surface area contributed by atoms with Crippen molar-refractivity contribution in [3.05, 3.63) is 35.7 Å². The molecule has 1 atom stereocenters. The number of ether oxygens (including phenoxy) is 1. The summed E-state index contributed by atoms with van der Waals surface area (Å²) in [6.07, 6.45) is 1.15. The second-order valence-corrected chi connectivity index (χ2v) is 5.94. The molecular formula is C17H23N3O2. The molecule has 118 valence electrons. The third-order valence-corrected chi connectivity index (χ3v) is 4.09. The van der Waals surface area contributed by atoms with Crippen molar-refractivity contribution in [3.8, 4) is 11.4 Å². The predicted molar refractivity (Wildman–Crippen MR) is 84.3 cm³/mol. The van der Waals surface area contributed by atoms with Crippen molar-refractivity contribution in [3.63, 3.8) is 0 Å². The van der Waals surface area contributed by atoms with Crippen molar-refractivity contribution in [2.24, 2.45) is 5.92 Å². The average Bonchev–Trinajstić information content (AvgIpc) is 3.18. The lowest BCUT2D eigenvalue weighted by molar-refractivity contribution is 0.160. The Labute approximate surface area is 131 Å². The molecule has 0 saturated carbocycles. The van der Waals surface area contributed by atoms with Crippen molar-refractivity contribution in [2.45, 2.75) is 26.8 Å². The van der Waals surface area contributed by atoms with Gasteiger partial charge in [-0.15, -0.1) is 0 Å². The van der Waals surface area contributed by atoms with Crippen LogP contribution in [0.15, 0.2) is 28.8 Å². The van der Waals surface area contributed by atoms with Crippen molar-refractivity contribution < 1.29 is 9.26 Å². The van der Waals surface area contributed by atoms with E-state index in [0.29, 0.717) is 24.2 Å². The number of aromatic nitrogens is 2. The molecule has 22 heavy (non-hydrogen) atoms. The van der Waals surface area contributed by atoms with Crippen molar-refractivity contribution >= 4 is 0 Å². The van der Waals surface area contributed by atoms with E-state index in [1.165, 1.54) is 5.56 Å². The van der Waals surface area contributed by atoms with Crippen molar-refractivity contribution in [1.29, 1.82) is 0 Å². The molecule has 0 spiro atoms. The highest BCUT2D eigenvalue weighted by atomic mass is 16.5. The van der Waals surface area contributed by atoms with E-state index in [1.807, 2.05) is 12.1 Å². The van der Waals surface area contributed by atoms with Crippen LogP contribution >= 0.6 is 0 Å². The van der Waals surface area contributed by atoms with Gasteiger partial charge in [-0.05, 0) is 31.9 Å². The summed E-state index contributed by atoms with van der Waals surface area (Å²) < 4.78 is 10.9. The van der Waals surface area contributed by atoms with Crippen LogP contribution in [0.25, 0.3) is 11.4 Å². The summed E-state index contributed by atoms with van der Waals surface area (Å²) in [5.41, 5.74) is 2.20. The topological polar surface area (TPSA) is 51.4 Å². The molecule has 1 aliphatic heterocycles. The third kappa shape index (κ3) is 3.72. The van der Waals surface area contributed by atoms with Crippen LogP contribution in [0.5, 0.6) is 0 Å². The first-order valence-electron chi connectivity index (χ1n) is 7.94. The first-order valence-corrected chi connectivity index (χ1v) is 7.94.